The van der Waals surface area contributed by atoms with Crippen LogP contribution in [0.5, 0.6) is 0 Å². The summed E-state index contributed by atoms with van der Waals surface area (Å²) in [7, 11) is 0. The summed E-state index contributed by atoms with van der Waals surface area (Å²) in [5.41, 5.74) is 0.951. The number of nitriles is 1. The van der Waals surface area contributed by atoms with Crippen molar-refractivity contribution < 1.29 is 9.59 Å². The van der Waals surface area contributed by atoms with Crippen LogP contribution in [0.1, 0.15) is 18.4 Å². The average molecular weight is 243 g/mol. The van der Waals surface area contributed by atoms with Crippen molar-refractivity contribution in [2.24, 2.45) is 5.92 Å². The minimum absolute atomic E-state index is 0.0172. The van der Waals surface area contributed by atoms with E-state index in [9.17, 15) is 9.59 Å². The first kappa shape index (κ1) is 12.1. The molecular weight excluding hydrogens is 230 g/mol. The molecule has 1 aliphatic heterocycles. The Hall–Kier alpha value is -2.35. The largest absolute Gasteiger partial charge is 0.355 e. The first-order valence-corrected chi connectivity index (χ1v) is 5.77. The number of nitrogens with one attached hydrogen (secondary N) is 2. The van der Waals surface area contributed by atoms with Crippen molar-refractivity contribution in [1.29, 1.82) is 5.26 Å². The minimum Gasteiger partial charge on any atom is -0.355 e. The summed E-state index contributed by atoms with van der Waals surface area (Å²) in [6.07, 6.45) is 0.921. The maximum Gasteiger partial charge on any atom is 0.229 e. The van der Waals surface area contributed by atoms with Gasteiger partial charge in [-0.3, -0.25) is 9.59 Å². The van der Waals surface area contributed by atoms with Crippen LogP contribution in [0.15, 0.2) is 24.3 Å². The lowest BCUT2D eigenvalue weighted by molar-refractivity contribution is -0.126. The third-order valence-electron chi connectivity index (χ3n) is 2.94. The van der Waals surface area contributed by atoms with Gasteiger partial charge in [-0.1, -0.05) is 12.1 Å². The molecule has 0 bridgehead atoms. The molecule has 0 saturated carbocycles. The monoisotopic (exact) mass is 243 g/mol. The van der Waals surface area contributed by atoms with E-state index in [1.54, 1.807) is 24.3 Å². The molecule has 1 fully saturated rings. The van der Waals surface area contributed by atoms with Gasteiger partial charge in [-0.15, -0.1) is 0 Å². The predicted octanol–water partition coefficient (Wildman–Crippen LogP) is 1.02. The summed E-state index contributed by atoms with van der Waals surface area (Å²) in [5.74, 6) is -0.399. The third-order valence-corrected chi connectivity index (χ3v) is 2.94. The molecule has 92 valence electrons. The number of amides is 2. The van der Waals surface area contributed by atoms with Gasteiger partial charge < -0.3 is 10.6 Å². The maximum absolute atomic E-state index is 12.0. The van der Waals surface area contributed by atoms with Crippen molar-refractivity contribution >= 4 is 17.5 Å². The highest BCUT2D eigenvalue weighted by molar-refractivity contribution is 5.95. The van der Waals surface area contributed by atoms with E-state index in [2.05, 4.69) is 10.6 Å². The maximum atomic E-state index is 12.0. The molecule has 0 radical (unpaired) electrons. The molecule has 5 heteroatoms. The Bertz CT molecular complexity index is 509. The Morgan fingerprint density at radius 2 is 2.22 bits per heavy atom. The molecule has 1 aromatic rings. The topological polar surface area (TPSA) is 82.0 Å². The van der Waals surface area contributed by atoms with Crippen LogP contribution < -0.4 is 10.6 Å². The smallest absolute Gasteiger partial charge is 0.229 e. The first-order valence-electron chi connectivity index (χ1n) is 5.77. The van der Waals surface area contributed by atoms with Gasteiger partial charge in [0.05, 0.1) is 17.2 Å². The van der Waals surface area contributed by atoms with E-state index in [4.69, 9.17) is 5.26 Å². The molecule has 1 unspecified atom stereocenters. The van der Waals surface area contributed by atoms with Crippen molar-refractivity contribution in [2.75, 3.05) is 11.9 Å². The number of hydrogen-bond acceptors (Lipinski definition) is 3. The number of hydrogen-bond donors (Lipinski definition) is 2. The van der Waals surface area contributed by atoms with Crippen molar-refractivity contribution in [3.8, 4) is 6.07 Å². The Morgan fingerprint density at radius 3 is 2.89 bits per heavy atom. The van der Waals surface area contributed by atoms with Crippen LogP contribution >= 0.6 is 0 Å². The fourth-order valence-electron chi connectivity index (χ4n) is 1.88. The molecule has 0 aromatic heterocycles. The summed E-state index contributed by atoms with van der Waals surface area (Å²) >= 11 is 0. The number of rotatable bonds is 2. The van der Waals surface area contributed by atoms with Gasteiger partial charge in [-0.2, -0.15) is 5.26 Å². The van der Waals surface area contributed by atoms with E-state index in [1.165, 1.54) is 0 Å². The van der Waals surface area contributed by atoms with Crippen LogP contribution in [-0.4, -0.2) is 18.4 Å². The number of carbonyl (C=O) groups excluding carboxylic acids is 2. The van der Waals surface area contributed by atoms with Gasteiger partial charge in [0.25, 0.3) is 0 Å². The zero-order valence-electron chi connectivity index (χ0n) is 9.77. The molecule has 0 aliphatic carbocycles. The summed E-state index contributed by atoms with van der Waals surface area (Å²) in [5, 5.41) is 14.3. The van der Waals surface area contributed by atoms with Crippen LogP contribution in [0.2, 0.25) is 0 Å². The Morgan fingerprint density at radius 1 is 1.44 bits per heavy atom. The average Bonchev–Trinajstić information content (AvgIpc) is 2.40. The number of piperidine rings is 1. The molecule has 1 aliphatic rings. The summed E-state index contributed by atoms with van der Waals surface area (Å²) < 4.78 is 0. The normalized spacial score (nSPS) is 18.6. The van der Waals surface area contributed by atoms with Gasteiger partial charge in [0, 0.05) is 13.0 Å². The lowest BCUT2D eigenvalue weighted by Crippen LogP contribution is -2.40. The van der Waals surface area contributed by atoms with Crippen LogP contribution in [0.3, 0.4) is 0 Å². The Labute approximate surface area is 105 Å². The van der Waals surface area contributed by atoms with Gasteiger partial charge in [0.2, 0.25) is 11.8 Å². The number of benzene rings is 1. The summed E-state index contributed by atoms with van der Waals surface area (Å²) in [6.45, 7) is 0.361. The molecule has 2 rings (SSSR count). The predicted molar refractivity (Wildman–Crippen MR) is 65.5 cm³/mol. The van der Waals surface area contributed by atoms with Gasteiger partial charge in [0.15, 0.2) is 0 Å². The second-order valence-electron chi connectivity index (χ2n) is 4.19. The Balaban J connectivity index is 2.03. The quantitative estimate of drug-likeness (QED) is 0.813. The van der Waals surface area contributed by atoms with Crippen LogP contribution in [0, 0.1) is 17.2 Å². The second kappa shape index (κ2) is 5.32. The molecule has 5 nitrogen and oxygen atoms in total. The van der Waals surface area contributed by atoms with E-state index < -0.39 is 0 Å². The molecule has 2 N–H and O–H groups in total. The molecular formula is C13H13N3O2. The molecule has 2 amide bonds. The van der Waals surface area contributed by atoms with E-state index in [0.29, 0.717) is 30.6 Å². The molecule has 1 atom stereocenters. The van der Waals surface area contributed by atoms with Crippen molar-refractivity contribution in [3.05, 3.63) is 29.8 Å². The summed E-state index contributed by atoms with van der Waals surface area (Å²) in [6, 6.07) is 8.88. The lowest BCUT2D eigenvalue weighted by atomic mass is 9.98. The van der Waals surface area contributed by atoms with Crippen molar-refractivity contribution in [3.63, 3.8) is 0 Å². The SMILES string of the molecule is N#Cc1ccccc1NC(=O)C1CCC(=O)NC1. The van der Waals surface area contributed by atoms with E-state index >= 15 is 0 Å². The minimum atomic E-state index is -0.227. The molecule has 1 aromatic carbocycles. The van der Waals surface area contributed by atoms with Gasteiger partial charge in [-0.05, 0) is 18.6 Å². The number of anilines is 1. The lowest BCUT2D eigenvalue weighted by Gasteiger charge is -2.21. The highest BCUT2D eigenvalue weighted by Gasteiger charge is 2.24. The van der Waals surface area contributed by atoms with Crippen molar-refractivity contribution in [1.82, 2.24) is 5.32 Å². The number of nitrogens with zero attached hydrogens (tertiary/aromatic N) is 1. The third kappa shape index (κ3) is 2.66. The van der Waals surface area contributed by atoms with E-state index in [0.717, 1.165) is 0 Å². The van der Waals surface area contributed by atoms with Crippen LogP contribution in [-0.2, 0) is 9.59 Å². The molecule has 0 spiro atoms. The zero-order valence-corrected chi connectivity index (χ0v) is 9.77. The second-order valence-corrected chi connectivity index (χ2v) is 4.19. The molecule has 18 heavy (non-hydrogen) atoms. The van der Waals surface area contributed by atoms with E-state index in [1.807, 2.05) is 6.07 Å². The van der Waals surface area contributed by atoms with Crippen molar-refractivity contribution in [2.45, 2.75) is 12.8 Å². The Kier molecular flexibility index (Phi) is 3.58. The fraction of sp³-hybridized carbons (Fsp3) is 0.308. The highest BCUT2D eigenvalue weighted by Crippen LogP contribution is 2.17. The van der Waals surface area contributed by atoms with Gasteiger partial charge in [0.1, 0.15) is 6.07 Å². The first-order chi connectivity index (χ1) is 8.70. The van der Waals surface area contributed by atoms with Crippen LogP contribution in [0.25, 0.3) is 0 Å². The van der Waals surface area contributed by atoms with Gasteiger partial charge >= 0.3 is 0 Å². The standard InChI is InChI=1S/C13H13N3O2/c14-7-9-3-1-2-4-11(9)16-13(18)10-5-6-12(17)15-8-10/h1-4,10H,5-6,8H2,(H,15,17)(H,16,18). The molecule has 1 heterocycles. The molecule has 1 saturated heterocycles. The van der Waals surface area contributed by atoms with Gasteiger partial charge in [-0.25, -0.2) is 0 Å². The number of carbonyl (C=O) groups is 2. The zero-order chi connectivity index (χ0) is 13.0. The highest BCUT2D eigenvalue weighted by atomic mass is 16.2. The van der Waals surface area contributed by atoms with E-state index in [-0.39, 0.29) is 17.7 Å². The van der Waals surface area contributed by atoms with Crippen LogP contribution in [0.4, 0.5) is 5.69 Å². The number of para-hydroxylation sites is 1. The fourth-order valence-corrected chi connectivity index (χ4v) is 1.88. The summed E-state index contributed by atoms with van der Waals surface area (Å²) in [4.78, 5) is 23.0.